The quantitative estimate of drug-likeness (QED) is 0.0916. The summed E-state index contributed by atoms with van der Waals surface area (Å²) in [5, 5.41) is 14.8. The van der Waals surface area contributed by atoms with Crippen LogP contribution >= 0.6 is 11.8 Å². The van der Waals surface area contributed by atoms with Gasteiger partial charge in [-0.05, 0) is 50.0 Å². The second-order valence-electron chi connectivity index (χ2n) is 8.79. The number of guanidine groups is 1. The lowest BCUT2D eigenvalue weighted by Crippen LogP contribution is -2.57. The highest BCUT2D eigenvalue weighted by molar-refractivity contribution is 7.98. The normalized spacial score (nSPS) is 18.7. The van der Waals surface area contributed by atoms with Crippen molar-refractivity contribution in [2.24, 2.45) is 28.1 Å². The Kier molecular flexibility index (Phi) is 13.5. The van der Waals surface area contributed by atoms with Crippen LogP contribution in [-0.2, 0) is 19.2 Å². The van der Waals surface area contributed by atoms with Gasteiger partial charge in [-0.25, -0.2) is 4.79 Å². The largest absolute Gasteiger partial charge is 0.480 e. The summed E-state index contributed by atoms with van der Waals surface area (Å²) in [6.07, 6.45) is 4.54. The zero-order valence-electron chi connectivity index (χ0n) is 20.9. The Hall–Kier alpha value is -2.54. The number of nitrogens with one attached hydrogen (secondary N) is 2. The predicted molar refractivity (Wildman–Crippen MR) is 137 cm³/mol. The van der Waals surface area contributed by atoms with Gasteiger partial charge in [0.15, 0.2) is 5.96 Å². The van der Waals surface area contributed by atoms with E-state index >= 15 is 0 Å². The minimum Gasteiger partial charge on any atom is -0.480 e. The number of rotatable bonds is 15. The highest BCUT2D eigenvalue weighted by Crippen LogP contribution is 2.21. The van der Waals surface area contributed by atoms with E-state index in [9.17, 15) is 24.3 Å². The van der Waals surface area contributed by atoms with Gasteiger partial charge in [0.25, 0.3) is 0 Å². The first-order chi connectivity index (χ1) is 16.5. The molecule has 1 aliphatic rings. The third kappa shape index (κ3) is 9.92. The van der Waals surface area contributed by atoms with E-state index in [0.717, 1.165) is 6.42 Å². The van der Waals surface area contributed by atoms with Crippen molar-refractivity contribution in [2.45, 2.75) is 76.5 Å². The fourth-order valence-electron chi connectivity index (χ4n) is 3.80. The maximum Gasteiger partial charge on any atom is 0.326 e. The molecular formula is C22H41N7O5S. The third-order valence-corrected chi connectivity index (χ3v) is 6.83. The van der Waals surface area contributed by atoms with Crippen molar-refractivity contribution < 1.29 is 24.3 Å². The van der Waals surface area contributed by atoms with E-state index in [0.29, 0.717) is 38.0 Å². The Balaban J connectivity index is 2.86. The van der Waals surface area contributed by atoms with E-state index < -0.39 is 42.0 Å². The highest BCUT2D eigenvalue weighted by Gasteiger charge is 2.38. The number of amides is 3. The van der Waals surface area contributed by atoms with Crippen LogP contribution in [0.4, 0.5) is 0 Å². The molecule has 5 unspecified atom stereocenters. The smallest absolute Gasteiger partial charge is 0.326 e. The summed E-state index contributed by atoms with van der Waals surface area (Å²) in [5.74, 6) is -2.02. The molecule has 0 spiro atoms. The second-order valence-corrected chi connectivity index (χ2v) is 9.78. The Morgan fingerprint density at radius 2 is 1.86 bits per heavy atom. The lowest BCUT2D eigenvalue weighted by molar-refractivity contribution is -0.143. The van der Waals surface area contributed by atoms with Gasteiger partial charge in [0.2, 0.25) is 17.7 Å². The van der Waals surface area contributed by atoms with Crippen LogP contribution in [0.5, 0.6) is 0 Å². The van der Waals surface area contributed by atoms with Crippen molar-refractivity contribution in [1.82, 2.24) is 15.5 Å². The van der Waals surface area contributed by atoms with Gasteiger partial charge in [-0.1, -0.05) is 20.3 Å². The van der Waals surface area contributed by atoms with Crippen molar-refractivity contribution in [1.29, 1.82) is 0 Å². The van der Waals surface area contributed by atoms with Crippen LogP contribution in [0.2, 0.25) is 0 Å². The number of thioether (sulfide) groups is 1. The minimum absolute atomic E-state index is 0.0214. The van der Waals surface area contributed by atoms with Crippen molar-refractivity contribution >= 4 is 41.4 Å². The molecule has 1 saturated heterocycles. The van der Waals surface area contributed by atoms with E-state index in [4.69, 9.17) is 17.2 Å². The highest BCUT2D eigenvalue weighted by atomic mass is 32.2. The van der Waals surface area contributed by atoms with Gasteiger partial charge >= 0.3 is 5.97 Å². The van der Waals surface area contributed by atoms with Crippen LogP contribution in [0, 0.1) is 5.92 Å². The molecule has 0 bridgehead atoms. The molecule has 5 atom stereocenters. The second kappa shape index (κ2) is 15.5. The van der Waals surface area contributed by atoms with Gasteiger partial charge in [-0.2, -0.15) is 11.8 Å². The summed E-state index contributed by atoms with van der Waals surface area (Å²) in [7, 11) is 0. The number of nitrogens with zero attached hydrogens (tertiary/aromatic N) is 2. The summed E-state index contributed by atoms with van der Waals surface area (Å²) < 4.78 is 0. The fourth-order valence-corrected chi connectivity index (χ4v) is 4.27. The lowest BCUT2D eigenvalue weighted by Gasteiger charge is -2.30. The number of carbonyl (C=O) groups excluding carboxylic acids is 3. The summed E-state index contributed by atoms with van der Waals surface area (Å²) >= 11 is 1.50. The number of nitrogens with two attached hydrogens (primary N) is 3. The molecule has 0 aliphatic carbocycles. The van der Waals surface area contributed by atoms with Crippen molar-refractivity contribution in [3.05, 3.63) is 0 Å². The first-order valence-corrected chi connectivity index (χ1v) is 13.4. The number of carbonyl (C=O) groups is 4. The molecule has 9 N–H and O–H groups in total. The summed E-state index contributed by atoms with van der Waals surface area (Å²) in [4.78, 5) is 55.9. The molecule has 3 amide bonds. The monoisotopic (exact) mass is 515 g/mol. The summed E-state index contributed by atoms with van der Waals surface area (Å²) in [5.41, 5.74) is 16.6. The number of aliphatic imine (C=N–C) groups is 1. The number of hydrogen-bond donors (Lipinski definition) is 6. The molecule has 0 aromatic carbocycles. The summed E-state index contributed by atoms with van der Waals surface area (Å²) in [6.45, 7) is 4.51. The Morgan fingerprint density at radius 3 is 2.43 bits per heavy atom. The van der Waals surface area contributed by atoms with Crippen LogP contribution < -0.4 is 27.8 Å². The molecule has 0 aromatic heterocycles. The molecule has 12 nitrogen and oxygen atoms in total. The first kappa shape index (κ1) is 30.5. The average Bonchev–Trinajstić information content (AvgIpc) is 3.31. The van der Waals surface area contributed by atoms with E-state index in [1.165, 1.54) is 16.7 Å². The zero-order valence-corrected chi connectivity index (χ0v) is 21.7. The lowest BCUT2D eigenvalue weighted by atomic mass is 9.98. The predicted octanol–water partition coefficient (Wildman–Crippen LogP) is -0.788. The molecule has 200 valence electrons. The zero-order chi connectivity index (χ0) is 26.5. The fraction of sp³-hybridized carbons (Fsp3) is 0.773. The number of carboxylic acid groups (broad SMARTS) is 1. The molecule has 0 aromatic rings. The standard InChI is InChI=1S/C22H41N7O5S/c1-4-13(2)17(23)20(32)29-11-6-8-16(29)19(31)27-14(9-12-35-3)18(30)28-15(21(33)34)7-5-10-26-22(24)25/h13-17H,4-12,23H2,1-3H3,(H,27,31)(H,28,30)(H,33,34)(H4,24,25,26). The Morgan fingerprint density at radius 1 is 1.17 bits per heavy atom. The van der Waals surface area contributed by atoms with E-state index in [1.54, 1.807) is 0 Å². The molecule has 0 saturated carbocycles. The maximum atomic E-state index is 13.1. The topological polar surface area (TPSA) is 206 Å². The molecular weight excluding hydrogens is 474 g/mol. The van der Waals surface area contributed by atoms with Crippen molar-refractivity contribution in [3.63, 3.8) is 0 Å². The van der Waals surface area contributed by atoms with Crippen LogP contribution in [0.15, 0.2) is 4.99 Å². The van der Waals surface area contributed by atoms with Gasteiger partial charge in [0.1, 0.15) is 18.1 Å². The Labute approximate surface area is 211 Å². The molecule has 0 radical (unpaired) electrons. The molecule has 13 heteroatoms. The van der Waals surface area contributed by atoms with Crippen LogP contribution in [-0.4, -0.2) is 88.9 Å². The molecule has 1 rings (SSSR count). The SMILES string of the molecule is CCC(C)C(N)C(=O)N1CCCC1C(=O)NC(CCSC)C(=O)NC(CCCN=C(N)N)C(=O)O. The van der Waals surface area contributed by atoms with Gasteiger partial charge in [-0.3, -0.25) is 19.4 Å². The number of likely N-dealkylation sites (tertiary alicyclic amines) is 1. The molecule has 1 heterocycles. The van der Waals surface area contributed by atoms with Gasteiger partial charge in [-0.15, -0.1) is 0 Å². The van der Waals surface area contributed by atoms with E-state index in [-0.39, 0.29) is 30.8 Å². The van der Waals surface area contributed by atoms with Crippen LogP contribution in [0.3, 0.4) is 0 Å². The van der Waals surface area contributed by atoms with Gasteiger partial charge < -0.3 is 37.8 Å². The van der Waals surface area contributed by atoms with E-state index in [1.807, 2.05) is 20.1 Å². The van der Waals surface area contributed by atoms with E-state index in [2.05, 4.69) is 15.6 Å². The molecule has 1 fully saturated rings. The van der Waals surface area contributed by atoms with Crippen LogP contribution in [0.25, 0.3) is 0 Å². The van der Waals surface area contributed by atoms with Gasteiger partial charge in [0, 0.05) is 13.1 Å². The van der Waals surface area contributed by atoms with Crippen LogP contribution in [0.1, 0.15) is 52.4 Å². The molecule has 1 aliphatic heterocycles. The van der Waals surface area contributed by atoms with Gasteiger partial charge in [0.05, 0.1) is 6.04 Å². The van der Waals surface area contributed by atoms with Crippen molar-refractivity contribution in [3.8, 4) is 0 Å². The third-order valence-electron chi connectivity index (χ3n) is 6.18. The average molecular weight is 516 g/mol. The number of carboxylic acids is 1. The number of hydrogen-bond acceptors (Lipinski definition) is 7. The molecule has 35 heavy (non-hydrogen) atoms. The Bertz CT molecular complexity index is 762. The minimum atomic E-state index is -1.19. The maximum absolute atomic E-state index is 13.1. The summed E-state index contributed by atoms with van der Waals surface area (Å²) in [6, 6.07) is -3.49. The first-order valence-electron chi connectivity index (χ1n) is 12.0. The van der Waals surface area contributed by atoms with Crippen molar-refractivity contribution in [2.75, 3.05) is 25.1 Å². The number of aliphatic carboxylic acids is 1.